The van der Waals surface area contributed by atoms with Gasteiger partial charge in [-0.05, 0) is 12.1 Å². The van der Waals surface area contributed by atoms with Crippen LogP contribution < -0.4 is 19.9 Å². The summed E-state index contributed by atoms with van der Waals surface area (Å²) in [6, 6.07) is 5.33. The fourth-order valence-corrected chi connectivity index (χ4v) is 2.03. The SMILES string of the molecule is COc1c(-c2cc(N)on2)ccc2c1OCCCO2. The van der Waals surface area contributed by atoms with Crippen molar-refractivity contribution in [1.82, 2.24) is 5.16 Å². The number of nitrogens with zero attached hydrogens (tertiary/aromatic N) is 1. The van der Waals surface area contributed by atoms with Gasteiger partial charge in [0.2, 0.25) is 11.6 Å². The highest BCUT2D eigenvalue weighted by Crippen LogP contribution is 2.45. The van der Waals surface area contributed by atoms with Crippen LogP contribution in [0.2, 0.25) is 0 Å². The molecule has 0 bridgehead atoms. The second-order valence-electron chi connectivity index (χ2n) is 4.14. The third-order valence-electron chi connectivity index (χ3n) is 2.88. The highest BCUT2D eigenvalue weighted by molar-refractivity contribution is 5.74. The van der Waals surface area contributed by atoms with Crippen molar-refractivity contribution in [3.8, 4) is 28.5 Å². The molecule has 1 aliphatic rings. The molecule has 0 aliphatic carbocycles. The molecule has 1 aliphatic heterocycles. The molecule has 0 fully saturated rings. The van der Waals surface area contributed by atoms with Gasteiger partial charge in [0.15, 0.2) is 11.5 Å². The van der Waals surface area contributed by atoms with Gasteiger partial charge < -0.3 is 24.5 Å². The van der Waals surface area contributed by atoms with E-state index in [1.807, 2.05) is 12.1 Å². The van der Waals surface area contributed by atoms with Crippen molar-refractivity contribution in [2.75, 3.05) is 26.1 Å². The number of nitrogen functional groups attached to an aromatic ring is 1. The molecule has 2 N–H and O–H groups in total. The molecule has 0 radical (unpaired) electrons. The van der Waals surface area contributed by atoms with Crippen molar-refractivity contribution in [3.05, 3.63) is 18.2 Å². The van der Waals surface area contributed by atoms with Crippen molar-refractivity contribution in [1.29, 1.82) is 0 Å². The maximum absolute atomic E-state index is 5.70. The number of hydrogen-bond acceptors (Lipinski definition) is 6. The average molecular weight is 262 g/mol. The van der Waals surface area contributed by atoms with E-state index < -0.39 is 0 Å². The standard InChI is InChI=1S/C13H14N2O4/c1-16-12-8(9-7-11(14)19-15-9)3-4-10-13(12)18-6-2-5-17-10/h3-4,7H,2,5-6,14H2,1H3. The quantitative estimate of drug-likeness (QED) is 0.892. The first-order chi connectivity index (χ1) is 9.29. The zero-order chi connectivity index (χ0) is 13.2. The van der Waals surface area contributed by atoms with Gasteiger partial charge in [0, 0.05) is 18.1 Å². The largest absolute Gasteiger partial charge is 0.492 e. The molecule has 2 aromatic rings. The molecule has 1 aromatic heterocycles. The van der Waals surface area contributed by atoms with Crippen LogP contribution in [0.3, 0.4) is 0 Å². The first-order valence-electron chi connectivity index (χ1n) is 5.98. The monoisotopic (exact) mass is 262 g/mol. The summed E-state index contributed by atoms with van der Waals surface area (Å²) in [7, 11) is 1.58. The minimum absolute atomic E-state index is 0.254. The van der Waals surface area contributed by atoms with E-state index in [0.29, 0.717) is 36.2 Å². The van der Waals surface area contributed by atoms with Gasteiger partial charge in [-0.15, -0.1) is 0 Å². The second kappa shape index (κ2) is 4.72. The molecule has 100 valence electrons. The minimum Gasteiger partial charge on any atom is -0.492 e. The number of benzene rings is 1. The van der Waals surface area contributed by atoms with Gasteiger partial charge in [-0.2, -0.15) is 0 Å². The fourth-order valence-electron chi connectivity index (χ4n) is 2.03. The Labute approximate surface area is 110 Å². The molecule has 0 spiro atoms. The lowest BCUT2D eigenvalue weighted by atomic mass is 10.1. The Bertz CT molecular complexity index is 594. The smallest absolute Gasteiger partial charge is 0.222 e. The summed E-state index contributed by atoms with van der Waals surface area (Å²) in [6.07, 6.45) is 0.837. The highest BCUT2D eigenvalue weighted by atomic mass is 16.5. The van der Waals surface area contributed by atoms with E-state index in [0.717, 1.165) is 12.0 Å². The number of anilines is 1. The van der Waals surface area contributed by atoms with Crippen LogP contribution in [0, 0.1) is 0 Å². The van der Waals surface area contributed by atoms with Crippen molar-refractivity contribution in [2.24, 2.45) is 0 Å². The molecule has 6 heteroatoms. The molecule has 6 nitrogen and oxygen atoms in total. The molecular formula is C13H14N2O4. The normalized spacial score (nSPS) is 13.9. The zero-order valence-electron chi connectivity index (χ0n) is 10.5. The second-order valence-corrected chi connectivity index (χ2v) is 4.14. The lowest BCUT2D eigenvalue weighted by Gasteiger charge is -2.14. The predicted molar refractivity (Wildman–Crippen MR) is 68.5 cm³/mol. The topological polar surface area (TPSA) is 79.7 Å². The summed E-state index contributed by atoms with van der Waals surface area (Å²) in [6.45, 7) is 1.22. The van der Waals surface area contributed by atoms with Gasteiger partial charge in [0.1, 0.15) is 5.69 Å². The van der Waals surface area contributed by atoms with E-state index in [-0.39, 0.29) is 5.88 Å². The molecule has 3 rings (SSSR count). The molecule has 1 aromatic carbocycles. The Balaban J connectivity index is 2.13. The van der Waals surface area contributed by atoms with Crippen LogP contribution in [0.4, 0.5) is 5.88 Å². The van der Waals surface area contributed by atoms with E-state index in [1.165, 1.54) is 0 Å². The van der Waals surface area contributed by atoms with Crippen LogP contribution in [-0.4, -0.2) is 25.5 Å². The van der Waals surface area contributed by atoms with Gasteiger partial charge >= 0.3 is 0 Å². The van der Waals surface area contributed by atoms with Gasteiger partial charge in [-0.3, -0.25) is 0 Å². The van der Waals surface area contributed by atoms with Crippen molar-refractivity contribution in [2.45, 2.75) is 6.42 Å². The Hall–Kier alpha value is -2.37. The maximum Gasteiger partial charge on any atom is 0.222 e. The third-order valence-corrected chi connectivity index (χ3v) is 2.88. The highest BCUT2D eigenvalue weighted by Gasteiger charge is 2.21. The van der Waals surface area contributed by atoms with Crippen LogP contribution in [0.5, 0.6) is 17.2 Å². The minimum atomic E-state index is 0.254. The molecule has 0 amide bonds. The van der Waals surface area contributed by atoms with Crippen LogP contribution in [-0.2, 0) is 0 Å². The van der Waals surface area contributed by atoms with Crippen molar-refractivity contribution >= 4 is 5.88 Å². The number of hydrogen-bond donors (Lipinski definition) is 1. The molecule has 0 atom stereocenters. The zero-order valence-corrected chi connectivity index (χ0v) is 10.5. The van der Waals surface area contributed by atoms with Gasteiger partial charge in [0.05, 0.1) is 20.3 Å². The Morgan fingerprint density at radius 2 is 2.11 bits per heavy atom. The van der Waals surface area contributed by atoms with Gasteiger partial charge in [-0.25, -0.2) is 0 Å². The molecule has 2 heterocycles. The number of fused-ring (bicyclic) bond motifs is 1. The maximum atomic E-state index is 5.70. The first-order valence-corrected chi connectivity index (χ1v) is 5.98. The number of rotatable bonds is 2. The number of nitrogens with two attached hydrogens (primary N) is 1. The van der Waals surface area contributed by atoms with E-state index in [9.17, 15) is 0 Å². The molecular weight excluding hydrogens is 248 g/mol. The Morgan fingerprint density at radius 1 is 1.26 bits per heavy atom. The van der Waals surface area contributed by atoms with Crippen LogP contribution in [0.1, 0.15) is 6.42 Å². The first kappa shape index (κ1) is 11.7. The summed E-state index contributed by atoms with van der Waals surface area (Å²) >= 11 is 0. The number of aromatic nitrogens is 1. The van der Waals surface area contributed by atoms with Crippen LogP contribution in [0.15, 0.2) is 22.7 Å². The van der Waals surface area contributed by atoms with Crippen LogP contribution >= 0.6 is 0 Å². The van der Waals surface area contributed by atoms with Crippen molar-refractivity contribution in [3.63, 3.8) is 0 Å². The summed E-state index contributed by atoms with van der Waals surface area (Å²) in [4.78, 5) is 0. The predicted octanol–water partition coefficient (Wildman–Crippen LogP) is 2.09. The van der Waals surface area contributed by atoms with Crippen LogP contribution in [0.25, 0.3) is 11.3 Å². The van der Waals surface area contributed by atoms with Gasteiger partial charge in [-0.1, -0.05) is 5.16 Å². The van der Waals surface area contributed by atoms with E-state index >= 15 is 0 Å². The van der Waals surface area contributed by atoms with E-state index in [1.54, 1.807) is 13.2 Å². The summed E-state index contributed by atoms with van der Waals surface area (Å²) < 4.78 is 21.6. The Kier molecular flexibility index (Phi) is 2.91. The lowest BCUT2D eigenvalue weighted by Crippen LogP contribution is -1.98. The summed E-state index contributed by atoms with van der Waals surface area (Å²) in [5, 5.41) is 3.89. The summed E-state index contributed by atoms with van der Waals surface area (Å²) in [5.41, 5.74) is 6.90. The summed E-state index contributed by atoms with van der Waals surface area (Å²) in [5.74, 6) is 2.10. The van der Waals surface area contributed by atoms with Gasteiger partial charge in [0.25, 0.3) is 0 Å². The molecule has 0 unspecified atom stereocenters. The third kappa shape index (κ3) is 2.05. The van der Waals surface area contributed by atoms with Crippen molar-refractivity contribution < 1.29 is 18.7 Å². The lowest BCUT2D eigenvalue weighted by molar-refractivity contribution is 0.289. The average Bonchev–Trinajstić information content (AvgIpc) is 2.71. The van der Waals surface area contributed by atoms with E-state index in [2.05, 4.69) is 5.16 Å². The molecule has 0 saturated carbocycles. The Morgan fingerprint density at radius 3 is 2.84 bits per heavy atom. The number of methoxy groups -OCH3 is 1. The van der Waals surface area contributed by atoms with E-state index in [4.69, 9.17) is 24.5 Å². The fraction of sp³-hybridized carbons (Fsp3) is 0.308. The molecule has 0 saturated heterocycles. The molecule has 19 heavy (non-hydrogen) atoms. The number of ether oxygens (including phenoxy) is 3.